The number of ether oxygens (including phenoxy) is 1. The average Bonchev–Trinajstić information content (AvgIpc) is 2.78. The number of benzene rings is 1. The van der Waals surface area contributed by atoms with Crippen LogP contribution < -0.4 is 9.46 Å². The van der Waals surface area contributed by atoms with Crippen LogP contribution in [0.2, 0.25) is 0 Å². The minimum atomic E-state index is -3.83. The molecule has 0 spiro atoms. The van der Waals surface area contributed by atoms with Crippen molar-refractivity contribution in [3.63, 3.8) is 0 Å². The topological polar surface area (TPSA) is 91.8 Å². The van der Waals surface area contributed by atoms with Gasteiger partial charge in [0.15, 0.2) is 0 Å². The van der Waals surface area contributed by atoms with Gasteiger partial charge in [-0.1, -0.05) is 13.8 Å². The van der Waals surface area contributed by atoms with Gasteiger partial charge in [0, 0.05) is 45.1 Å². The van der Waals surface area contributed by atoms with Gasteiger partial charge in [-0.25, -0.2) is 8.42 Å². The molecule has 0 saturated carbocycles. The van der Waals surface area contributed by atoms with Crippen molar-refractivity contribution in [2.45, 2.75) is 31.3 Å². The van der Waals surface area contributed by atoms with Crippen LogP contribution in [0.3, 0.4) is 0 Å². The van der Waals surface area contributed by atoms with Gasteiger partial charge in [-0.3, -0.25) is 14.7 Å². The van der Waals surface area contributed by atoms with Crippen molar-refractivity contribution in [2.75, 3.05) is 33.3 Å². The molecule has 9 heteroatoms. The number of nitrogens with zero attached hydrogens (tertiary/aromatic N) is 3. The van der Waals surface area contributed by atoms with Gasteiger partial charge in [0.1, 0.15) is 11.8 Å². The molecule has 2 heterocycles. The first-order valence-electron chi connectivity index (χ1n) is 10.4. The Morgan fingerprint density at radius 1 is 1.06 bits per heavy atom. The van der Waals surface area contributed by atoms with E-state index in [4.69, 9.17) is 4.74 Å². The molecular weight excluding hydrogens is 416 g/mol. The van der Waals surface area contributed by atoms with Crippen molar-refractivity contribution in [2.24, 2.45) is 5.92 Å². The van der Waals surface area contributed by atoms with Gasteiger partial charge in [0.2, 0.25) is 15.9 Å². The number of pyridine rings is 1. The normalized spacial score (nSPS) is 16.3. The fraction of sp³-hybridized carbons (Fsp3) is 0.455. The van der Waals surface area contributed by atoms with Gasteiger partial charge in [0.25, 0.3) is 0 Å². The van der Waals surface area contributed by atoms with Gasteiger partial charge in [-0.05, 0) is 47.9 Å². The van der Waals surface area contributed by atoms with Gasteiger partial charge >= 0.3 is 0 Å². The van der Waals surface area contributed by atoms with Crippen LogP contribution in [0.5, 0.6) is 5.75 Å². The van der Waals surface area contributed by atoms with Gasteiger partial charge in [-0.15, -0.1) is 0 Å². The largest absolute Gasteiger partial charge is 0.497 e. The molecule has 1 saturated heterocycles. The van der Waals surface area contributed by atoms with Crippen LogP contribution in [0.4, 0.5) is 0 Å². The van der Waals surface area contributed by atoms with Crippen molar-refractivity contribution in [3.05, 3.63) is 54.4 Å². The molecule has 2 aromatic rings. The maximum absolute atomic E-state index is 13.2. The maximum Gasteiger partial charge on any atom is 0.241 e. The van der Waals surface area contributed by atoms with Gasteiger partial charge in [0.05, 0.1) is 12.0 Å². The molecule has 1 aliphatic heterocycles. The zero-order chi connectivity index (χ0) is 22.4. The summed E-state index contributed by atoms with van der Waals surface area (Å²) < 4.78 is 33.4. The monoisotopic (exact) mass is 446 g/mol. The van der Waals surface area contributed by atoms with Crippen molar-refractivity contribution in [3.8, 4) is 5.75 Å². The third-order valence-electron chi connectivity index (χ3n) is 5.42. The predicted octanol–water partition coefficient (Wildman–Crippen LogP) is 1.74. The van der Waals surface area contributed by atoms with Crippen molar-refractivity contribution >= 4 is 15.9 Å². The third-order valence-corrected chi connectivity index (χ3v) is 6.88. The number of hydrogen-bond acceptors (Lipinski definition) is 6. The first-order chi connectivity index (χ1) is 14.8. The minimum absolute atomic E-state index is 0.105. The fourth-order valence-corrected chi connectivity index (χ4v) is 4.87. The molecule has 1 aliphatic rings. The zero-order valence-corrected chi connectivity index (χ0v) is 19.0. The Morgan fingerprint density at radius 3 is 2.23 bits per heavy atom. The fourth-order valence-electron chi connectivity index (χ4n) is 3.53. The Hall–Kier alpha value is -2.49. The van der Waals surface area contributed by atoms with E-state index in [9.17, 15) is 13.2 Å². The van der Waals surface area contributed by atoms with E-state index in [1.165, 1.54) is 24.8 Å². The van der Waals surface area contributed by atoms with E-state index in [0.717, 1.165) is 19.6 Å². The Balaban J connectivity index is 1.62. The van der Waals surface area contributed by atoms with Gasteiger partial charge in [-0.2, -0.15) is 4.72 Å². The molecule has 1 amide bonds. The van der Waals surface area contributed by atoms with E-state index >= 15 is 0 Å². The number of amides is 1. The molecular formula is C22H30N4O4S. The van der Waals surface area contributed by atoms with Crippen molar-refractivity contribution in [1.29, 1.82) is 0 Å². The second-order valence-electron chi connectivity index (χ2n) is 7.98. The molecule has 1 aromatic heterocycles. The SMILES string of the molecule is COc1ccc(S(=O)(=O)N[C@H](C(=O)N2CCN(Cc3ccncc3)CC2)C(C)C)cc1. The lowest BCUT2D eigenvalue weighted by Crippen LogP contribution is -2.56. The zero-order valence-electron chi connectivity index (χ0n) is 18.2. The standard InChI is InChI=1S/C22H30N4O4S/c1-17(2)21(24-31(28,29)20-6-4-19(30-3)5-7-20)22(27)26-14-12-25(13-15-26)16-18-8-10-23-11-9-18/h4-11,17,21,24H,12-16H2,1-3H3/t21-/m0/s1. The van der Waals surface area contributed by atoms with Crippen LogP contribution in [0.1, 0.15) is 19.4 Å². The average molecular weight is 447 g/mol. The van der Waals surface area contributed by atoms with E-state index in [-0.39, 0.29) is 16.7 Å². The summed E-state index contributed by atoms with van der Waals surface area (Å²) in [6.45, 7) is 7.11. The Morgan fingerprint density at radius 2 is 1.68 bits per heavy atom. The number of aromatic nitrogens is 1. The number of piperazine rings is 1. The summed E-state index contributed by atoms with van der Waals surface area (Å²) in [4.78, 5) is 21.3. The summed E-state index contributed by atoms with van der Waals surface area (Å²) in [7, 11) is -2.31. The highest BCUT2D eigenvalue weighted by atomic mass is 32.2. The second kappa shape index (κ2) is 10.2. The van der Waals surface area contributed by atoms with Crippen LogP contribution in [0, 0.1) is 5.92 Å². The Kier molecular flexibility index (Phi) is 7.64. The summed E-state index contributed by atoms with van der Waals surface area (Å²) in [5.74, 6) is 0.200. The molecule has 1 aromatic carbocycles. The number of methoxy groups -OCH3 is 1. The number of carbonyl (C=O) groups is 1. The molecule has 1 fully saturated rings. The first-order valence-corrected chi connectivity index (χ1v) is 11.8. The molecule has 1 atom stereocenters. The maximum atomic E-state index is 13.2. The van der Waals surface area contributed by atoms with Crippen molar-refractivity contribution in [1.82, 2.24) is 19.5 Å². The summed E-state index contributed by atoms with van der Waals surface area (Å²) in [6.07, 6.45) is 3.55. The Bertz CT molecular complexity index is 957. The number of nitrogens with one attached hydrogen (secondary N) is 1. The van der Waals surface area contributed by atoms with Gasteiger partial charge < -0.3 is 9.64 Å². The van der Waals surface area contributed by atoms with E-state index in [1.54, 1.807) is 29.4 Å². The number of carbonyl (C=O) groups excluding carboxylic acids is 1. The molecule has 0 bridgehead atoms. The number of hydrogen-bond donors (Lipinski definition) is 1. The molecule has 3 rings (SSSR count). The number of sulfonamides is 1. The quantitative estimate of drug-likeness (QED) is 0.664. The summed E-state index contributed by atoms with van der Waals surface area (Å²) in [6, 6.07) is 9.27. The molecule has 31 heavy (non-hydrogen) atoms. The van der Waals surface area contributed by atoms with Crippen LogP contribution in [-0.4, -0.2) is 68.4 Å². The van der Waals surface area contributed by atoms with Crippen LogP contribution in [0.15, 0.2) is 53.7 Å². The molecule has 0 aliphatic carbocycles. The summed E-state index contributed by atoms with van der Waals surface area (Å²) in [5.41, 5.74) is 1.18. The number of rotatable bonds is 8. The first kappa shape index (κ1) is 23.2. The van der Waals surface area contributed by atoms with E-state index in [0.29, 0.717) is 18.8 Å². The Labute approximate surface area is 184 Å². The van der Waals surface area contributed by atoms with E-state index in [1.807, 2.05) is 26.0 Å². The highest BCUT2D eigenvalue weighted by Gasteiger charge is 2.33. The molecule has 8 nitrogen and oxygen atoms in total. The second-order valence-corrected chi connectivity index (χ2v) is 9.69. The van der Waals surface area contributed by atoms with Crippen LogP contribution >= 0.6 is 0 Å². The molecule has 0 radical (unpaired) electrons. The van der Waals surface area contributed by atoms with Crippen molar-refractivity contribution < 1.29 is 17.9 Å². The van der Waals surface area contributed by atoms with E-state index < -0.39 is 16.1 Å². The lowest BCUT2D eigenvalue weighted by atomic mass is 10.0. The lowest BCUT2D eigenvalue weighted by Gasteiger charge is -2.37. The lowest BCUT2D eigenvalue weighted by molar-refractivity contribution is -0.135. The minimum Gasteiger partial charge on any atom is -0.497 e. The van der Waals surface area contributed by atoms with E-state index in [2.05, 4.69) is 14.6 Å². The highest BCUT2D eigenvalue weighted by Crippen LogP contribution is 2.18. The summed E-state index contributed by atoms with van der Waals surface area (Å²) in [5, 5.41) is 0. The van der Waals surface area contributed by atoms with Crippen LogP contribution in [-0.2, 0) is 21.4 Å². The molecule has 1 N–H and O–H groups in total. The third kappa shape index (κ3) is 6.03. The van der Waals surface area contributed by atoms with Crippen LogP contribution in [0.25, 0.3) is 0 Å². The smallest absolute Gasteiger partial charge is 0.241 e. The molecule has 0 unspecified atom stereocenters. The summed E-state index contributed by atoms with van der Waals surface area (Å²) >= 11 is 0. The highest BCUT2D eigenvalue weighted by molar-refractivity contribution is 7.89. The predicted molar refractivity (Wildman–Crippen MR) is 118 cm³/mol. The molecule has 168 valence electrons.